The van der Waals surface area contributed by atoms with Gasteiger partial charge >= 0.3 is 0 Å². The Labute approximate surface area is 103 Å². The third-order valence-corrected chi connectivity index (χ3v) is 2.99. The first-order valence-electron chi connectivity index (χ1n) is 7.27. The lowest BCUT2D eigenvalue weighted by Gasteiger charge is -2.04. The first kappa shape index (κ1) is 15.9. The normalized spacial score (nSPS) is 10.9. The fraction of sp³-hybridized carbons (Fsp3) is 1.00. The van der Waals surface area contributed by atoms with E-state index in [1.54, 1.807) is 0 Å². The molecular weight excluding hydrogens is 196 g/mol. The summed E-state index contributed by atoms with van der Waals surface area (Å²) in [6, 6.07) is 0. The Hall–Kier alpha value is -0.0800. The number of hydrogen-bond acceptors (Lipinski definition) is 2. The molecule has 16 heavy (non-hydrogen) atoms. The van der Waals surface area contributed by atoms with Crippen molar-refractivity contribution in [2.24, 2.45) is 0 Å². The van der Waals surface area contributed by atoms with Gasteiger partial charge in [0.1, 0.15) is 0 Å². The number of hydrogen-bond donors (Lipinski definition) is 2. The smallest absolute Gasteiger partial charge is 0.00368 e. The lowest BCUT2D eigenvalue weighted by Crippen LogP contribution is -2.20. The van der Waals surface area contributed by atoms with Crippen molar-refractivity contribution in [3.05, 3.63) is 0 Å². The van der Waals surface area contributed by atoms with Gasteiger partial charge in [-0.25, -0.2) is 0 Å². The fourth-order valence-electron chi connectivity index (χ4n) is 1.90. The van der Waals surface area contributed by atoms with Gasteiger partial charge < -0.3 is 10.6 Å². The zero-order valence-corrected chi connectivity index (χ0v) is 11.5. The molecule has 0 aliphatic heterocycles. The molecule has 2 nitrogen and oxygen atoms in total. The molecule has 0 aliphatic carbocycles. The average Bonchev–Trinajstić information content (AvgIpc) is 2.31. The van der Waals surface area contributed by atoms with Crippen molar-refractivity contribution in [1.82, 2.24) is 10.6 Å². The second kappa shape index (κ2) is 14.9. The van der Waals surface area contributed by atoms with Gasteiger partial charge in [0.05, 0.1) is 0 Å². The quantitative estimate of drug-likeness (QED) is 0.473. The molecule has 0 atom stereocenters. The zero-order valence-electron chi connectivity index (χ0n) is 11.5. The highest BCUT2D eigenvalue weighted by atomic mass is 14.9. The van der Waals surface area contributed by atoms with Crippen LogP contribution in [0.3, 0.4) is 0 Å². The molecule has 0 fully saturated rings. The summed E-state index contributed by atoms with van der Waals surface area (Å²) in [7, 11) is 2.01. The molecule has 0 radical (unpaired) electrons. The van der Waals surface area contributed by atoms with Gasteiger partial charge in [0.2, 0.25) is 0 Å². The van der Waals surface area contributed by atoms with Gasteiger partial charge in [0, 0.05) is 0 Å². The van der Waals surface area contributed by atoms with E-state index >= 15 is 0 Å². The van der Waals surface area contributed by atoms with E-state index in [1.807, 2.05) is 7.05 Å². The molecule has 0 spiro atoms. The van der Waals surface area contributed by atoms with E-state index in [1.165, 1.54) is 64.3 Å². The molecule has 2 N–H and O–H groups in total. The van der Waals surface area contributed by atoms with Gasteiger partial charge in [-0.15, -0.1) is 0 Å². The van der Waals surface area contributed by atoms with Crippen molar-refractivity contribution in [2.45, 2.75) is 64.7 Å². The Morgan fingerprint density at radius 3 is 1.81 bits per heavy atom. The Bertz CT molecular complexity index is 101. The minimum absolute atomic E-state index is 1.13. The maximum Gasteiger partial charge on any atom is -0.00368 e. The SMILES string of the molecule is CCCCCCCCCCNCCCNC. The summed E-state index contributed by atoms with van der Waals surface area (Å²) < 4.78 is 0. The summed E-state index contributed by atoms with van der Waals surface area (Å²) in [6.45, 7) is 5.78. The number of unbranched alkanes of at least 4 members (excludes halogenated alkanes) is 7. The second-order valence-corrected chi connectivity index (χ2v) is 4.68. The largest absolute Gasteiger partial charge is 0.320 e. The van der Waals surface area contributed by atoms with Crippen LogP contribution in [0.2, 0.25) is 0 Å². The van der Waals surface area contributed by atoms with Crippen molar-refractivity contribution >= 4 is 0 Å². The molecule has 0 saturated carbocycles. The minimum atomic E-state index is 1.13. The maximum atomic E-state index is 3.49. The third kappa shape index (κ3) is 13.9. The van der Waals surface area contributed by atoms with E-state index in [0.29, 0.717) is 0 Å². The summed E-state index contributed by atoms with van der Waals surface area (Å²) in [6.07, 6.45) is 12.6. The molecule has 0 saturated heterocycles. The van der Waals surface area contributed by atoms with E-state index in [9.17, 15) is 0 Å². The van der Waals surface area contributed by atoms with Crippen molar-refractivity contribution in [3.63, 3.8) is 0 Å². The van der Waals surface area contributed by atoms with Crippen molar-refractivity contribution < 1.29 is 0 Å². The van der Waals surface area contributed by atoms with Gasteiger partial charge in [-0.05, 0) is 39.5 Å². The second-order valence-electron chi connectivity index (χ2n) is 4.68. The van der Waals surface area contributed by atoms with Crippen LogP contribution in [0.25, 0.3) is 0 Å². The predicted octanol–water partition coefficient (Wildman–Crippen LogP) is 3.33. The Morgan fingerprint density at radius 2 is 1.19 bits per heavy atom. The molecule has 0 heterocycles. The molecule has 0 rings (SSSR count). The van der Waals surface area contributed by atoms with Crippen LogP contribution in [0, 0.1) is 0 Å². The molecule has 0 aromatic rings. The van der Waals surface area contributed by atoms with Crippen molar-refractivity contribution in [1.29, 1.82) is 0 Å². The fourth-order valence-corrected chi connectivity index (χ4v) is 1.90. The van der Waals surface area contributed by atoms with E-state index in [2.05, 4.69) is 17.6 Å². The van der Waals surface area contributed by atoms with Gasteiger partial charge in [-0.1, -0.05) is 51.9 Å². The molecular formula is C14H32N2. The van der Waals surface area contributed by atoms with Crippen LogP contribution in [0.4, 0.5) is 0 Å². The molecule has 0 bridgehead atoms. The zero-order chi connectivity index (χ0) is 11.9. The number of rotatable bonds is 13. The molecule has 2 heteroatoms. The summed E-state index contributed by atoms with van der Waals surface area (Å²) >= 11 is 0. The lowest BCUT2D eigenvalue weighted by molar-refractivity contribution is 0.548. The molecule has 0 aliphatic rings. The molecule has 0 amide bonds. The van der Waals surface area contributed by atoms with Crippen LogP contribution in [0.5, 0.6) is 0 Å². The number of nitrogens with one attached hydrogen (secondary N) is 2. The van der Waals surface area contributed by atoms with E-state index in [0.717, 1.165) is 13.1 Å². The summed E-state index contributed by atoms with van der Waals surface area (Å²) in [5.41, 5.74) is 0. The maximum absolute atomic E-state index is 3.49. The summed E-state index contributed by atoms with van der Waals surface area (Å²) in [4.78, 5) is 0. The minimum Gasteiger partial charge on any atom is -0.320 e. The summed E-state index contributed by atoms with van der Waals surface area (Å²) in [5, 5.41) is 6.65. The van der Waals surface area contributed by atoms with Gasteiger partial charge in [-0.2, -0.15) is 0 Å². The average molecular weight is 228 g/mol. The molecule has 0 unspecified atom stereocenters. The lowest BCUT2D eigenvalue weighted by atomic mass is 10.1. The van der Waals surface area contributed by atoms with Crippen LogP contribution in [0.1, 0.15) is 64.7 Å². The third-order valence-electron chi connectivity index (χ3n) is 2.99. The van der Waals surface area contributed by atoms with Crippen LogP contribution in [0.15, 0.2) is 0 Å². The Balaban J connectivity index is 2.83. The van der Waals surface area contributed by atoms with E-state index < -0.39 is 0 Å². The van der Waals surface area contributed by atoms with Gasteiger partial charge in [0.25, 0.3) is 0 Å². The Kier molecular flexibility index (Phi) is 14.8. The highest BCUT2D eigenvalue weighted by Crippen LogP contribution is 2.07. The monoisotopic (exact) mass is 228 g/mol. The van der Waals surface area contributed by atoms with Crippen LogP contribution < -0.4 is 10.6 Å². The summed E-state index contributed by atoms with van der Waals surface area (Å²) in [5.74, 6) is 0. The predicted molar refractivity (Wildman–Crippen MR) is 74.0 cm³/mol. The standard InChI is InChI=1S/C14H32N2/c1-3-4-5-6-7-8-9-10-13-16-14-11-12-15-2/h15-16H,3-14H2,1-2H3. The Morgan fingerprint density at radius 1 is 0.625 bits per heavy atom. The van der Waals surface area contributed by atoms with E-state index in [4.69, 9.17) is 0 Å². The highest BCUT2D eigenvalue weighted by molar-refractivity contribution is 4.51. The van der Waals surface area contributed by atoms with Crippen LogP contribution in [-0.2, 0) is 0 Å². The highest BCUT2D eigenvalue weighted by Gasteiger charge is 1.91. The first-order valence-corrected chi connectivity index (χ1v) is 7.27. The molecule has 0 aromatic heterocycles. The van der Waals surface area contributed by atoms with Gasteiger partial charge in [0.15, 0.2) is 0 Å². The molecule has 98 valence electrons. The molecule has 0 aromatic carbocycles. The van der Waals surface area contributed by atoms with Crippen molar-refractivity contribution in [3.8, 4) is 0 Å². The van der Waals surface area contributed by atoms with E-state index in [-0.39, 0.29) is 0 Å². The van der Waals surface area contributed by atoms with Crippen LogP contribution in [-0.4, -0.2) is 26.7 Å². The van der Waals surface area contributed by atoms with Crippen molar-refractivity contribution in [2.75, 3.05) is 26.7 Å². The topological polar surface area (TPSA) is 24.1 Å². The van der Waals surface area contributed by atoms with Gasteiger partial charge in [-0.3, -0.25) is 0 Å². The van der Waals surface area contributed by atoms with Crippen LogP contribution >= 0.6 is 0 Å². The first-order chi connectivity index (χ1) is 7.91.